The third-order valence-electron chi connectivity index (χ3n) is 5.94. The molecule has 14 heteroatoms. The van der Waals surface area contributed by atoms with Gasteiger partial charge in [0.2, 0.25) is 0 Å². The number of anilines is 2. The van der Waals surface area contributed by atoms with Gasteiger partial charge in [0.05, 0.1) is 10.1 Å². The number of thiazole rings is 1. The molecule has 12 nitrogen and oxygen atoms in total. The normalized spacial score (nSPS) is 13.9. The predicted octanol–water partition coefficient (Wildman–Crippen LogP) is 2.95. The van der Waals surface area contributed by atoms with E-state index in [0.717, 1.165) is 18.9 Å². The second kappa shape index (κ2) is 12.0. The van der Waals surface area contributed by atoms with Crippen molar-refractivity contribution in [3.63, 3.8) is 0 Å². The highest BCUT2D eigenvalue weighted by Crippen LogP contribution is 2.33. The van der Waals surface area contributed by atoms with Crippen molar-refractivity contribution in [3.8, 4) is 0 Å². The fourth-order valence-corrected chi connectivity index (χ4v) is 6.18. The van der Waals surface area contributed by atoms with Crippen LogP contribution in [0.25, 0.3) is 10.3 Å². The van der Waals surface area contributed by atoms with Crippen molar-refractivity contribution in [2.75, 3.05) is 37.8 Å². The van der Waals surface area contributed by atoms with E-state index < -0.39 is 15.7 Å². The summed E-state index contributed by atoms with van der Waals surface area (Å²) in [5.41, 5.74) is 0.974. The summed E-state index contributed by atoms with van der Waals surface area (Å²) >= 11 is 1.23. The summed E-state index contributed by atoms with van der Waals surface area (Å²) in [6.07, 6.45) is 4.48. The maximum absolute atomic E-state index is 13.4. The Morgan fingerprint density at radius 3 is 2.55 bits per heavy atom. The number of benzene rings is 1. The number of pyridine rings is 1. The lowest BCUT2D eigenvalue weighted by Gasteiger charge is -2.10. The van der Waals surface area contributed by atoms with E-state index in [1.54, 1.807) is 30.6 Å². The molecule has 0 unspecified atom stereocenters. The quantitative estimate of drug-likeness (QED) is 0.189. The Kier molecular flexibility index (Phi) is 8.28. The zero-order chi connectivity index (χ0) is 28.1. The fourth-order valence-electron chi connectivity index (χ4n) is 3.69. The van der Waals surface area contributed by atoms with Crippen LogP contribution in [0.5, 0.6) is 0 Å². The molecule has 0 radical (unpaired) electrons. The van der Waals surface area contributed by atoms with Gasteiger partial charge >= 0.3 is 0 Å². The van der Waals surface area contributed by atoms with Crippen molar-refractivity contribution in [1.82, 2.24) is 24.8 Å². The summed E-state index contributed by atoms with van der Waals surface area (Å²) in [5, 5.41) is 10.1. The number of oxime groups is 1. The molecule has 1 aliphatic carbocycles. The first-order valence-electron chi connectivity index (χ1n) is 12.6. The first-order valence-corrected chi connectivity index (χ1v) is 14.9. The molecule has 2 N–H and O–H groups in total. The van der Waals surface area contributed by atoms with Gasteiger partial charge in [-0.15, -0.1) is 0 Å². The number of hydrogen-bond acceptors (Lipinski definition) is 12. The second-order valence-corrected chi connectivity index (χ2v) is 12.6. The van der Waals surface area contributed by atoms with Crippen LogP contribution in [0.4, 0.5) is 10.9 Å². The maximum Gasteiger partial charge on any atom is 0.280 e. The van der Waals surface area contributed by atoms with Gasteiger partial charge in [-0.25, -0.2) is 28.4 Å². The number of carbonyl (C=O) groups is 1. The lowest BCUT2D eigenvalue weighted by molar-refractivity contribution is -0.110. The lowest BCUT2D eigenvalue weighted by Crippen LogP contribution is -2.24. The molecule has 1 aromatic carbocycles. The van der Waals surface area contributed by atoms with Gasteiger partial charge in [-0.05, 0) is 57.3 Å². The maximum atomic E-state index is 13.4. The van der Waals surface area contributed by atoms with Crippen LogP contribution in [-0.4, -0.2) is 77.3 Å². The van der Waals surface area contributed by atoms with Gasteiger partial charge in [0.15, 0.2) is 33.1 Å². The van der Waals surface area contributed by atoms with Gasteiger partial charge in [0.1, 0.15) is 16.2 Å². The van der Waals surface area contributed by atoms with E-state index >= 15 is 0 Å². The van der Waals surface area contributed by atoms with Crippen LogP contribution >= 0.6 is 11.3 Å². The zero-order valence-corrected chi connectivity index (χ0v) is 23.6. The SMILES string of the molecule is CN(C)CCNc1ccc2nc(NC(=O)C(=NOCc3ncccn3)c3ccc(S(=O)(=O)C4CC4)cc3)sc2n1. The summed E-state index contributed by atoms with van der Waals surface area (Å²) in [5.74, 6) is 0.537. The summed E-state index contributed by atoms with van der Waals surface area (Å²) in [7, 11) is 0.628. The zero-order valence-electron chi connectivity index (χ0n) is 21.9. The number of carbonyl (C=O) groups excluding carboxylic acids is 1. The topological polar surface area (TPSA) is 152 Å². The number of likely N-dealkylation sites (N-methyl/N-ethyl adjacent to an activating group) is 1. The Hall–Kier alpha value is -4.01. The van der Waals surface area contributed by atoms with Crippen LogP contribution in [0.1, 0.15) is 24.2 Å². The number of hydrogen-bond donors (Lipinski definition) is 2. The molecule has 0 bridgehead atoms. The average Bonchev–Trinajstić information content (AvgIpc) is 3.73. The van der Waals surface area contributed by atoms with Crippen molar-refractivity contribution < 1.29 is 18.0 Å². The molecule has 0 atom stereocenters. The number of rotatable bonds is 12. The van der Waals surface area contributed by atoms with Crippen molar-refractivity contribution in [2.24, 2.45) is 5.16 Å². The van der Waals surface area contributed by atoms with Gasteiger partial charge in [-0.2, -0.15) is 0 Å². The van der Waals surface area contributed by atoms with E-state index in [9.17, 15) is 13.2 Å². The van der Waals surface area contributed by atoms with Crippen molar-refractivity contribution in [2.45, 2.75) is 29.6 Å². The number of nitrogens with zero attached hydrogens (tertiary/aromatic N) is 6. The van der Waals surface area contributed by atoms with E-state index in [1.807, 2.05) is 26.2 Å². The Balaban J connectivity index is 1.35. The smallest absolute Gasteiger partial charge is 0.280 e. The minimum absolute atomic E-state index is 0.0513. The predicted molar refractivity (Wildman–Crippen MR) is 153 cm³/mol. The number of aromatic nitrogens is 4. The highest BCUT2D eigenvalue weighted by molar-refractivity contribution is 7.92. The second-order valence-electron chi connectivity index (χ2n) is 9.37. The Labute approximate surface area is 235 Å². The van der Waals surface area contributed by atoms with Crippen molar-refractivity contribution >= 4 is 54.1 Å². The first kappa shape index (κ1) is 27.6. The molecule has 0 spiro atoms. The first-order chi connectivity index (χ1) is 19.3. The molecule has 0 saturated heterocycles. The fraction of sp³-hybridized carbons (Fsp3) is 0.308. The van der Waals surface area contributed by atoms with Crippen LogP contribution in [0.2, 0.25) is 0 Å². The molecule has 1 amide bonds. The highest BCUT2D eigenvalue weighted by atomic mass is 32.2. The van der Waals surface area contributed by atoms with E-state index in [2.05, 4.69) is 40.6 Å². The van der Waals surface area contributed by atoms with Crippen LogP contribution in [0.3, 0.4) is 0 Å². The standard InChI is InChI=1S/C26H28N8O4S2/c1-34(2)15-14-29-21-11-10-20-25(31-21)39-26(30-20)32-24(35)23(33-38-16-22-27-12-3-13-28-22)17-4-6-18(7-5-17)40(36,37)19-8-9-19/h3-7,10-13,19H,8-9,14-16H2,1-2H3,(H,29,31)(H,30,32,35). The van der Waals surface area contributed by atoms with Crippen molar-refractivity contribution in [3.05, 3.63) is 66.2 Å². The van der Waals surface area contributed by atoms with E-state index in [1.165, 1.54) is 23.5 Å². The largest absolute Gasteiger partial charge is 0.387 e. The van der Waals surface area contributed by atoms with Gasteiger partial charge in [-0.1, -0.05) is 28.6 Å². The van der Waals surface area contributed by atoms with E-state index in [0.29, 0.717) is 39.7 Å². The summed E-state index contributed by atoms with van der Waals surface area (Å²) in [6.45, 7) is 1.54. The van der Waals surface area contributed by atoms with Gasteiger partial charge in [0, 0.05) is 31.0 Å². The summed E-state index contributed by atoms with van der Waals surface area (Å²) < 4.78 is 25.2. The number of sulfone groups is 1. The van der Waals surface area contributed by atoms with Gasteiger partial charge in [-0.3, -0.25) is 10.1 Å². The highest BCUT2D eigenvalue weighted by Gasteiger charge is 2.36. The van der Waals surface area contributed by atoms with Crippen LogP contribution in [-0.2, 0) is 26.1 Å². The summed E-state index contributed by atoms with van der Waals surface area (Å²) in [4.78, 5) is 39.0. The van der Waals surface area contributed by atoms with Crippen molar-refractivity contribution in [1.29, 1.82) is 0 Å². The molecule has 1 saturated carbocycles. The number of amides is 1. The minimum atomic E-state index is -3.37. The molecule has 5 rings (SSSR count). The minimum Gasteiger partial charge on any atom is -0.387 e. The van der Waals surface area contributed by atoms with Gasteiger partial charge < -0.3 is 15.1 Å². The monoisotopic (exact) mass is 580 g/mol. The molecular weight excluding hydrogens is 552 g/mol. The molecule has 0 aliphatic heterocycles. The summed E-state index contributed by atoms with van der Waals surface area (Å²) in [6, 6.07) is 11.4. The molecule has 208 valence electrons. The molecule has 3 aromatic heterocycles. The molecule has 4 aromatic rings. The van der Waals surface area contributed by atoms with Gasteiger partial charge in [0.25, 0.3) is 5.91 Å². The number of fused-ring (bicyclic) bond motifs is 1. The average molecular weight is 581 g/mol. The third-order valence-corrected chi connectivity index (χ3v) is 9.10. The van der Waals surface area contributed by atoms with E-state index in [4.69, 9.17) is 4.84 Å². The Bertz CT molecular complexity index is 1620. The van der Waals surface area contributed by atoms with Crippen LogP contribution < -0.4 is 10.6 Å². The lowest BCUT2D eigenvalue weighted by atomic mass is 10.1. The molecular formula is C26H28N8O4S2. The van der Waals surface area contributed by atoms with E-state index in [-0.39, 0.29) is 22.5 Å². The molecule has 40 heavy (non-hydrogen) atoms. The number of nitrogens with one attached hydrogen (secondary N) is 2. The molecule has 1 aliphatic rings. The molecule has 1 fully saturated rings. The van der Waals surface area contributed by atoms with Crippen LogP contribution in [0, 0.1) is 0 Å². The Morgan fingerprint density at radius 1 is 1.10 bits per heavy atom. The Morgan fingerprint density at radius 2 is 1.85 bits per heavy atom. The third kappa shape index (κ3) is 6.76. The molecule has 3 heterocycles. The van der Waals surface area contributed by atoms with Crippen LogP contribution in [0.15, 0.2) is 64.9 Å².